The lowest BCUT2D eigenvalue weighted by atomic mass is 10.0. The predicted molar refractivity (Wildman–Crippen MR) is 101 cm³/mol. The van der Waals surface area contributed by atoms with Crippen molar-refractivity contribution in [3.8, 4) is 0 Å². The third-order valence-corrected chi connectivity index (χ3v) is 4.94. The second-order valence-electron chi connectivity index (χ2n) is 7.59. The number of carbonyl (C=O) groups excluding carboxylic acids is 6. The van der Waals surface area contributed by atoms with Crippen LogP contribution in [0.5, 0.6) is 0 Å². The number of esters is 2. The zero-order valence-corrected chi connectivity index (χ0v) is 16.5. The molecule has 0 aromatic heterocycles. The van der Waals surface area contributed by atoms with Gasteiger partial charge in [0.05, 0.1) is 11.1 Å². The van der Waals surface area contributed by atoms with Gasteiger partial charge < -0.3 is 14.8 Å². The Morgan fingerprint density at radius 2 is 1.68 bits per heavy atom. The third kappa shape index (κ3) is 3.54. The molecule has 2 N–H and O–H groups in total. The van der Waals surface area contributed by atoms with E-state index in [1.54, 1.807) is 0 Å². The van der Waals surface area contributed by atoms with Crippen LogP contribution in [0.3, 0.4) is 0 Å². The average molecular weight is 427 g/mol. The molecule has 0 aliphatic carbocycles. The fourth-order valence-electron chi connectivity index (χ4n) is 3.49. The largest absolute Gasteiger partial charge is 0.419 e. The van der Waals surface area contributed by atoms with Gasteiger partial charge in [-0.15, -0.1) is 0 Å². The molecule has 1 atom stereocenters. The van der Waals surface area contributed by atoms with E-state index in [-0.39, 0.29) is 29.5 Å². The molecular formula is C20H17N3O8. The van der Waals surface area contributed by atoms with Crippen molar-refractivity contribution in [2.75, 3.05) is 5.32 Å². The van der Waals surface area contributed by atoms with Crippen molar-refractivity contribution in [1.82, 2.24) is 10.2 Å². The number of hydrogen-bond donors (Lipinski definition) is 2. The van der Waals surface area contributed by atoms with Gasteiger partial charge in [0.2, 0.25) is 11.8 Å². The summed E-state index contributed by atoms with van der Waals surface area (Å²) in [6.07, 6.45) is 1.15. The number of carbonyl (C=O) groups is 6. The van der Waals surface area contributed by atoms with Crippen LogP contribution in [-0.4, -0.2) is 52.3 Å². The lowest BCUT2D eigenvalue weighted by Gasteiger charge is -2.29. The summed E-state index contributed by atoms with van der Waals surface area (Å²) in [5, 5.41) is 4.83. The molecule has 0 saturated carbocycles. The lowest BCUT2D eigenvalue weighted by Crippen LogP contribution is -2.54. The van der Waals surface area contributed by atoms with Gasteiger partial charge in [-0.05, 0) is 24.6 Å². The molecule has 1 aromatic carbocycles. The Kier molecular flexibility index (Phi) is 4.60. The highest BCUT2D eigenvalue weighted by molar-refractivity contribution is 6.23. The molecule has 1 unspecified atom stereocenters. The van der Waals surface area contributed by atoms with Gasteiger partial charge >= 0.3 is 11.9 Å². The number of nitrogens with zero attached hydrogens (tertiary/aromatic N) is 1. The maximum Gasteiger partial charge on any atom is 0.350 e. The summed E-state index contributed by atoms with van der Waals surface area (Å²) in [6.45, 7) is 2.84. The van der Waals surface area contributed by atoms with Crippen LogP contribution in [-0.2, 0) is 28.7 Å². The van der Waals surface area contributed by atoms with Crippen LogP contribution >= 0.6 is 0 Å². The van der Waals surface area contributed by atoms with E-state index in [1.807, 2.05) is 0 Å². The highest BCUT2D eigenvalue weighted by Crippen LogP contribution is 2.30. The first-order chi connectivity index (χ1) is 14.6. The van der Waals surface area contributed by atoms with Gasteiger partial charge in [-0.25, -0.2) is 9.59 Å². The number of cyclic esters (lactones) is 2. The zero-order chi connectivity index (χ0) is 22.5. The zero-order valence-electron chi connectivity index (χ0n) is 16.5. The molecule has 11 heteroatoms. The molecule has 4 rings (SSSR count). The summed E-state index contributed by atoms with van der Waals surface area (Å²) >= 11 is 0. The molecule has 2 saturated heterocycles. The second-order valence-corrected chi connectivity index (χ2v) is 7.59. The first-order valence-corrected chi connectivity index (χ1v) is 9.36. The molecule has 1 aromatic rings. The second kappa shape index (κ2) is 7.04. The van der Waals surface area contributed by atoms with E-state index in [4.69, 9.17) is 9.47 Å². The molecule has 160 valence electrons. The van der Waals surface area contributed by atoms with Crippen LogP contribution in [0.15, 0.2) is 30.0 Å². The summed E-state index contributed by atoms with van der Waals surface area (Å²) in [4.78, 5) is 73.8. The number of benzene rings is 1. The van der Waals surface area contributed by atoms with Crippen LogP contribution < -0.4 is 10.6 Å². The van der Waals surface area contributed by atoms with Gasteiger partial charge in [0, 0.05) is 32.2 Å². The van der Waals surface area contributed by atoms with Crippen LogP contribution in [0.4, 0.5) is 5.69 Å². The van der Waals surface area contributed by atoms with Gasteiger partial charge in [-0.3, -0.25) is 29.4 Å². The first kappa shape index (κ1) is 20.3. The van der Waals surface area contributed by atoms with Gasteiger partial charge in [-0.1, -0.05) is 0 Å². The maximum atomic E-state index is 12.8. The molecule has 0 spiro atoms. The number of rotatable bonds is 3. The summed E-state index contributed by atoms with van der Waals surface area (Å²) in [6, 6.07) is 3.15. The van der Waals surface area contributed by atoms with Crippen molar-refractivity contribution in [3.63, 3.8) is 0 Å². The fraction of sp³-hybridized carbons (Fsp3) is 0.300. The molecule has 0 bridgehead atoms. The lowest BCUT2D eigenvalue weighted by molar-refractivity contribution is -0.222. The molecule has 0 radical (unpaired) electrons. The minimum atomic E-state index is -1.37. The van der Waals surface area contributed by atoms with E-state index in [9.17, 15) is 28.8 Å². The Morgan fingerprint density at radius 3 is 2.32 bits per heavy atom. The first-order valence-electron chi connectivity index (χ1n) is 9.36. The SMILES string of the molecule is CC1(C)OC(=O)C(=CNc2ccc3c(c2)C(=O)N(C2CCC(=O)NC2=O)C3=O)C(=O)O1. The molecule has 4 amide bonds. The minimum Gasteiger partial charge on any atom is -0.419 e. The number of nitrogens with one attached hydrogen (secondary N) is 2. The van der Waals surface area contributed by atoms with E-state index in [0.29, 0.717) is 5.69 Å². The molecule has 11 nitrogen and oxygen atoms in total. The monoisotopic (exact) mass is 427 g/mol. The van der Waals surface area contributed by atoms with Gasteiger partial charge in [0.1, 0.15) is 6.04 Å². The highest BCUT2D eigenvalue weighted by atomic mass is 16.7. The number of hydrogen-bond acceptors (Lipinski definition) is 9. The molecule has 3 aliphatic rings. The Bertz CT molecular complexity index is 1080. The highest BCUT2D eigenvalue weighted by Gasteiger charge is 2.44. The number of imide groups is 2. The number of fused-ring (bicyclic) bond motifs is 1. The van der Waals surface area contributed by atoms with E-state index in [1.165, 1.54) is 32.0 Å². The summed E-state index contributed by atoms with van der Waals surface area (Å²) in [5.41, 5.74) is 0.0922. The van der Waals surface area contributed by atoms with Crippen LogP contribution in [0.2, 0.25) is 0 Å². The van der Waals surface area contributed by atoms with Crippen LogP contribution in [0.1, 0.15) is 47.4 Å². The van der Waals surface area contributed by atoms with Gasteiger partial charge in [-0.2, -0.15) is 0 Å². The van der Waals surface area contributed by atoms with Gasteiger partial charge in [0.15, 0.2) is 5.57 Å². The normalized spacial score (nSPS) is 22.6. The van der Waals surface area contributed by atoms with E-state index in [0.717, 1.165) is 11.1 Å². The van der Waals surface area contributed by atoms with Crippen molar-refractivity contribution in [3.05, 3.63) is 41.1 Å². The number of amides is 4. The molecule has 3 heterocycles. The number of piperidine rings is 1. The Labute approximate surface area is 175 Å². The topological polar surface area (TPSA) is 148 Å². The van der Waals surface area contributed by atoms with Gasteiger partial charge in [0.25, 0.3) is 17.6 Å². The molecular weight excluding hydrogens is 410 g/mol. The average Bonchev–Trinajstić information content (AvgIpc) is 2.91. The quantitative estimate of drug-likeness (QED) is 0.299. The van der Waals surface area contributed by atoms with E-state index < -0.39 is 47.4 Å². The fourth-order valence-corrected chi connectivity index (χ4v) is 3.49. The Balaban J connectivity index is 1.55. The van der Waals surface area contributed by atoms with Crippen molar-refractivity contribution < 1.29 is 38.2 Å². The smallest absolute Gasteiger partial charge is 0.350 e. The van der Waals surface area contributed by atoms with Crippen LogP contribution in [0, 0.1) is 0 Å². The van der Waals surface area contributed by atoms with Crippen molar-refractivity contribution in [2.24, 2.45) is 0 Å². The van der Waals surface area contributed by atoms with Crippen LogP contribution in [0.25, 0.3) is 0 Å². The third-order valence-electron chi connectivity index (χ3n) is 4.94. The van der Waals surface area contributed by atoms with E-state index in [2.05, 4.69) is 10.6 Å². The number of anilines is 1. The van der Waals surface area contributed by atoms with Crippen molar-refractivity contribution >= 4 is 41.3 Å². The Hall–Kier alpha value is -4.02. The summed E-state index contributed by atoms with van der Waals surface area (Å²) in [7, 11) is 0. The molecule has 3 aliphatic heterocycles. The van der Waals surface area contributed by atoms with Crippen molar-refractivity contribution in [2.45, 2.75) is 38.5 Å². The van der Waals surface area contributed by atoms with Crippen molar-refractivity contribution in [1.29, 1.82) is 0 Å². The minimum absolute atomic E-state index is 0.0210. The molecule has 2 fully saturated rings. The standard InChI is InChI=1S/C20H17N3O8/c1-20(2)30-18(28)12(19(29)31-20)8-21-9-3-4-10-11(7-9)17(27)23(16(10)26)13-5-6-14(24)22-15(13)25/h3-4,7-8,13,21H,5-6H2,1-2H3,(H,22,24,25). The molecule has 31 heavy (non-hydrogen) atoms. The van der Waals surface area contributed by atoms with E-state index >= 15 is 0 Å². The Morgan fingerprint density at radius 1 is 1.03 bits per heavy atom. The summed E-state index contributed by atoms with van der Waals surface area (Å²) in [5.74, 6) is -5.59. The predicted octanol–water partition coefficient (Wildman–Crippen LogP) is 0.220. The summed E-state index contributed by atoms with van der Waals surface area (Å²) < 4.78 is 9.98. The maximum absolute atomic E-state index is 12.8. The number of ether oxygens (including phenoxy) is 2.